The molecule has 122 valence electrons. The number of benzene rings is 2. The zero-order chi connectivity index (χ0) is 16.7. The second-order valence-electron chi connectivity index (χ2n) is 4.39. The first kappa shape index (κ1) is 16.7. The normalized spacial score (nSPS) is 11.0. The van der Waals surface area contributed by atoms with Crippen LogP contribution in [0.15, 0.2) is 47.6 Å². The van der Waals surface area contributed by atoms with Gasteiger partial charge in [-0.3, -0.25) is 5.43 Å². The van der Waals surface area contributed by atoms with E-state index < -0.39 is 6.61 Å². The van der Waals surface area contributed by atoms with Crippen molar-refractivity contribution < 1.29 is 22.6 Å². The van der Waals surface area contributed by atoms with Crippen LogP contribution in [0.5, 0.6) is 11.5 Å². The van der Waals surface area contributed by atoms with Crippen molar-refractivity contribution in [3.05, 3.63) is 53.8 Å². The fourth-order valence-electron chi connectivity index (χ4n) is 1.77. The zero-order valence-electron chi connectivity index (χ0n) is 12.3. The molecule has 2 rings (SSSR count). The van der Waals surface area contributed by atoms with Gasteiger partial charge in [0.1, 0.15) is 5.82 Å². The van der Waals surface area contributed by atoms with Crippen molar-refractivity contribution in [2.75, 3.05) is 12.0 Å². The van der Waals surface area contributed by atoms with Crippen LogP contribution in [-0.4, -0.2) is 19.4 Å². The van der Waals surface area contributed by atoms with Gasteiger partial charge >= 0.3 is 6.61 Å². The molecule has 0 amide bonds. The Kier molecular flexibility index (Phi) is 5.85. The highest BCUT2D eigenvalue weighted by atomic mass is 19.3. The summed E-state index contributed by atoms with van der Waals surface area (Å²) in [5.74, 6) is -0.167. The van der Waals surface area contributed by atoms with E-state index in [2.05, 4.69) is 15.3 Å². The number of anilines is 1. The SMILES string of the molecule is CCOc1cc(/C=N\Nc2ccc(F)cc2)ccc1OC(F)F. The molecule has 0 saturated carbocycles. The predicted octanol–water partition coefficient (Wildman–Crippen LogP) is 4.27. The number of hydrazone groups is 1. The van der Waals surface area contributed by atoms with Crippen LogP contribution in [0.25, 0.3) is 0 Å². The Hall–Kier alpha value is -2.70. The summed E-state index contributed by atoms with van der Waals surface area (Å²) >= 11 is 0. The number of rotatable bonds is 7. The quantitative estimate of drug-likeness (QED) is 0.611. The van der Waals surface area contributed by atoms with Crippen LogP contribution in [0, 0.1) is 5.82 Å². The monoisotopic (exact) mass is 324 g/mol. The molecule has 0 aromatic heterocycles. The lowest BCUT2D eigenvalue weighted by atomic mass is 10.2. The number of halogens is 3. The molecule has 0 fully saturated rings. The van der Waals surface area contributed by atoms with Crippen molar-refractivity contribution in [3.8, 4) is 11.5 Å². The van der Waals surface area contributed by atoms with E-state index in [0.717, 1.165) is 0 Å². The van der Waals surface area contributed by atoms with Crippen molar-refractivity contribution in [3.63, 3.8) is 0 Å². The largest absolute Gasteiger partial charge is 0.490 e. The number of nitrogens with zero attached hydrogens (tertiary/aromatic N) is 1. The van der Waals surface area contributed by atoms with E-state index in [9.17, 15) is 13.2 Å². The maximum atomic E-state index is 12.8. The molecule has 0 saturated heterocycles. The van der Waals surface area contributed by atoms with Crippen LogP contribution >= 0.6 is 0 Å². The third-order valence-electron chi connectivity index (χ3n) is 2.74. The van der Waals surface area contributed by atoms with E-state index >= 15 is 0 Å². The number of hydrogen-bond acceptors (Lipinski definition) is 4. The molecule has 23 heavy (non-hydrogen) atoms. The van der Waals surface area contributed by atoms with E-state index in [1.807, 2.05) is 0 Å². The van der Waals surface area contributed by atoms with Gasteiger partial charge in [0.05, 0.1) is 18.5 Å². The Morgan fingerprint density at radius 1 is 1.13 bits per heavy atom. The molecule has 2 aromatic carbocycles. The fourth-order valence-corrected chi connectivity index (χ4v) is 1.77. The first-order valence-corrected chi connectivity index (χ1v) is 6.85. The summed E-state index contributed by atoms with van der Waals surface area (Å²) in [6.07, 6.45) is 1.48. The van der Waals surface area contributed by atoms with E-state index in [0.29, 0.717) is 17.9 Å². The highest BCUT2D eigenvalue weighted by Gasteiger charge is 2.11. The first-order valence-electron chi connectivity index (χ1n) is 6.85. The first-order chi connectivity index (χ1) is 11.1. The Morgan fingerprint density at radius 2 is 1.87 bits per heavy atom. The molecule has 0 aliphatic heterocycles. The zero-order valence-corrected chi connectivity index (χ0v) is 12.3. The lowest BCUT2D eigenvalue weighted by Crippen LogP contribution is -2.05. The van der Waals surface area contributed by atoms with Gasteiger partial charge in [0, 0.05) is 0 Å². The van der Waals surface area contributed by atoms with Gasteiger partial charge in [0.15, 0.2) is 11.5 Å². The van der Waals surface area contributed by atoms with Gasteiger partial charge in [-0.2, -0.15) is 13.9 Å². The third-order valence-corrected chi connectivity index (χ3v) is 2.74. The number of alkyl halides is 2. The van der Waals surface area contributed by atoms with Crippen LogP contribution in [0.3, 0.4) is 0 Å². The summed E-state index contributed by atoms with van der Waals surface area (Å²) in [6, 6.07) is 10.2. The smallest absolute Gasteiger partial charge is 0.387 e. The van der Waals surface area contributed by atoms with Crippen LogP contribution in [0.4, 0.5) is 18.9 Å². The maximum Gasteiger partial charge on any atom is 0.387 e. The van der Waals surface area contributed by atoms with Crippen molar-refractivity contribution in [2.24, 2.45) is 5.10 Å². The van der Waals surface area contributed by atoms with E-state index in [1.54, 1.807) is 13.0 Å². The molecule has 0 bridgehead atoms. The minimum Gasteiger partial charge on any atom is -0.490 e. The third kappa shape index (κ3) is 5.21. The summed E-state index contributed by atoms with van der Waals surface area (Å²) < 4.78 is 47.1. The van der Waals surface area contributed by atoms with Gasteiger partial charge in [0.25, 0.3) is 0 Å². The molecule has 0 spiro atoms. The van der Waals surface area contributed by atoms with Gasteiger partial charge < -0.3 is 9.47 Å². The average molecular weight is 324 g/mol. The van der Waals surface area contributed by atoms with Crippen molar-refractivity contribution in [1.82, 2.24) is 0 Å². The summed E-state index contributed by atoms with van der Waals surface area (Å²) in [5, 5.41) is 3.99. The summed E-state index contributed by atoms with van der Waals surface area (Å²) in [5.41, 5.74) is 3.97. The van der Waals surface area contributed by atoms with Gasteiger partial charge in [-0.05, 0) is 55.0 Å². The minimum absolute atomic E-state index is 0.0366. The number of ether oxygens (including phenoxy) is 2. The molecule has 0 heterocycles. The topological polar surface area (TPSA) is 42.8 Å². The molecule has 2 aromatic rings. The number of hydrogen-bond donors (Lipinski definition) is 1. The molecule has 0 radical (unpaired) electrons. The molecule has 0 aliphatic carbocycles. The van der Waals surface area contributed by atoms with Crippen molar-refractivity contribution in [1.29, 1.82) is 0 Å². The second-order valence-corrected chi connectivity index (χ2v) is 4.39. The molecule has 0 aliphatic rings. The summed E-state index contributed by atoms with van der Waals surface area (Å²) in [4.78, 5) is 0. The Balaban J connectivity index is 2.08. The molecule has 1 N–H and O–H groups in total. The standard InChI is InChI=1S/C16H15F3N2O2/c1-2-22-15-9-11(3-8-14(15)23-16(18)19)10-20-21-13-6-4-12(17)5-7-13/h3-10,16,21H,2H2,1H3/b20-10-. The van der Waals surface area contributed by atoms with Crippen LogP contribution in [0.1, 0.15) is 12.5 Å². The average Bonchev–Trinajstić information content (AvgIpc) is 2.51. The lowest BCUT2D eigenvalue weighted by molar-refractivity contribution is -0.0514. The molecular formula is C16H15F3N2O2. The minimum atomic E-state index is -2.92. The van der Waals surface area contributed by atoms with E-state index in [-0.39, 0.29) is 17.3 Å². The molecule has 0 unspecified atom stereocenters. The molecule has 0 atom stereocenters. The lowest BCUT2D eigenvalue weighted by Gasteiger charge is -2.11. The molecular weight excluding hydrogens is 309 g/mol. The summed E-state index contributed by atoms with van der Waals surface area (Å²) in [7, 11) is 0. The van der Waals surface area contributed by atoms with Gasteiger partial charge in [0.2, 0.25) is 0 Å². The van der Waals surface area contributed by atoms with E-state index in [4.69, 9.17) is 4.74 Å². The maximum absolute atomic E-state index is 12.8. The fraction of sp³-hybridized carbons (Fsp3) is 0.188. The van der Waals surface area contributed by atoms with Gasteiger partial charge in [-0.1, -0.05) is 0 Å². The Bertz CT molecular complexity index is 661. The van der Waals surface area contributed by atoms with E-state index in [1.165, 1.54) is 42.6 Å². The van der Waals surface area contributed by atoms with Crippen LogP contribution in [0.2, 0.25) is 0 Å². The highest BCUT2D eigenvalue weighted by molar-refractivity contribution is 5.81. The Labute approximate surface area is 131 Å². The highest BCUT2D eigenvalue weighted by Crippen LogP contribution is 2.29. The van der Waals surface area contributed by atoms with Crippen LogP contribution < -0.4 is 14.9 Å². The predicted molar refractivity (Wildman–Crippen MR) is 81.9 cm³/mol. The molecule has 4 nitrogen and oxygen atoms in total. The van der Waals surface area contributed by atoms with Crippen molar-refractivity contribution in [2.45, 2.75) is 13.5 Å². The number of nitrogens with one attached hydrogen (secondary N) is 1. The molecule has 7 heteroatoms. The van der Waals surface area contributed by atoms with Crippen molar-refractivity contribution >= 4 is 11.9 Å². The van der Waals surface area contributed by atoms with Gasteiger partial charge in [-0.15, -0.1) is 0 Å². The summed E-state index contributed by atoms with van der Waals surface area (Å²) in [6.45, 7) is -0.870. The van der Waals surface area contributed by atoms with Crippen LogP contribution in [-0.2, 0) is 0 Å². The Morgan fingerprint density at radius 3 is 2.52 bits per heavy atom. The second kappa shape index (κ2) is 8.07. The van der Waals surface area contributed by atoms with Gasteiger partial charge in [-0.25, -0.2) is 4.39 Å².